The van der Waals surface area contributed by atoms with Gasteiger partial charge in [-0.1, -0.05) is 12.1 Å². The average Bonchev–Trinajstić information content (AvgIpc) is 2.68. The van der Waals surface area contributed by atoms with Crippen LogP contribution in [0.25, 0.3) is 0 Å². The van der Waals surface area contributed by atoms with E-state index in [0.29, 0.717) is 6.42 Å². The molecule has 3 heteroatoms. The molecule has 0 amide bonds. The van der Waals surface area contributed by atoms with Crippen molar-refractivity contribution in [3.63, 3.8) is 0 Å². The summed E-state index contributed by atoms with van der Waals surface area (Å²) in [6, 6.07) is 9.82. The van der Waals surface area contributed by atoms with Crippen LogP contribution in [0, 0.1) is 12.7 Å². The van der Waals surface area contributed by atoms with E-state index in [2.05, 4.69) is 0 Å². The molecule has 0 aliphatic rings. The smallest absolute Gasteiger partial charge is 0.177 e. The van der Waals surface area contributed by atoms with Gasteiger partial charge in [0.1, 0.15) is 5.82 Å². The lowest BCUT2D eigenvalue weighted by molar-refractivity contribution is 0.0997. The first-order valence-corrected chi connectivity index (χ1v) is 5.81. The third kappa shape index (κ3) is 2.55. The fourth-order valence-corrected chi connectivity index (χ4v) is 2.26. The lowest BCUT2D eigenvalue weighted by Crippen LogP contribution is -2.00. The van der Waals surface area contributed by atoms with E-state index in [0.717, 1.165) is 15.3 Å². The molecule has 0 spiro atoms. The molecule has 0 saturated heterocycles. The van der Waals surface area contributed by atoms with E-state index in [-0.39, 0.29) is 11.6 Å². The summed E-state index contributed by atoms with van der Waals surface area (Å²) in [5, 5.41) is 0. The van der Waals surface area contributed by atoms with Crippen molar-refractivity contribution in [2.24, 2.45) is 0 Å². The lowest BCUT2D eigenvalue weighted by atomic mass is 10.1. The minimum atomic E-state index is -0.275. The Morgan fingerprint density at radius 2 is 1.88 bits per heavy atom. The number of rotatable bonds is 3. The maximum Gasteiger partial charge on any atom is 0.177 e. The first-order chi connectivity index (χ1) is 7.65. The van der Waals surface area contributed by atoms with Crippen LogP contribution in [0.1, 0.15) is 20.1 Å². The largest absolute Gasteiger partial charge is 0.293 e. The SMILES string of the molecule is Cc1ccc(C(=O)Cc2ccc(F)cc2)s1. The first kappa shape index (κ1) is 11.0. The Bertz CT molecular complexity index is 499. The van der Waals surface area contributed by atoms with Crippen LogP contribution in [0.5, 0.6) is 0 Å². The highest BCUT2D eigenvalue weighted by Crippen LogP contribution is 2.17. The molecule has 0 aliphatic heterocycles. The van der Waals surface area contributed by atoms with Crippen molar-refractivity contribution in [1.29, 1.82) is 0 Å². The Morgan fingerprint density at radius 1 is 1.19 bits per heavy atom. The van der Waals surface area contributed by atoms with Crippen molar-refractivity contribution in [1.82, 2.24) is 0 Å². The molecule has 1 aromatic heterocycles. The second kappa shape index (κ2) is 4.58. The Kier molecular flexibility index (Phi) is 3.15. The molecule has 1 nitrogen and oxygen atoms in total. The number of hydrogen-bond acceptors (Lipinski definition) is 2. The number of benzene rings is 1. The molecule has 82 valence electrons. The van der Waals surface area contributed by atoms with Gasteiger partial charge in [-0.25, -0.2) is 4.39 Å². The molecule has 0 saturated carbocycles. The van der Waals surface area contributed by atoms with Crippen molar-refractivity contribution < 1.29 is 9.18 Å². The van der Waals surface area contributed by atoms with E-state index < -0.39 is 0 Å². The number of ketones is 1. The predicted octanol–water partition coefficient (Wildman–Crippen LogP) is 3.62. The number of thiophene rings is 1. The van der Waals surface area contributed by atoms with Crippen LogP contribution < -0.4 is 0 Å². The topological polar surface area (TPSA) is 17.1 Å². The van der Waals surface area contributed by atoms with Crippen LogP contribution in [0.4, 0.5) is 4.39 Å². The van der Waals surface area contributed by atoms with E-state index in [1.54, 1.807) is 12.1 Å². The van der Waals surface area contributed by atoms with Gasteiger partial charge in [-0.2, -0.15) is 0 Å². The number of aryl methyl sites for hydroxylation is 1. The van der Waals surface area contributed by atoms with Gasteiger partial charge in [0.2, 0.25) is 0 Å². The molecule has 0 bridgehead atoms. The molecule has 0 radical (unpaired) electrons. The zero-order chi connectivity index (χ0) is 11.5. The molecule has 16 heavy (non-hydrogen) atoms. The Morgan fingerprint density at radius 3 is 2.44 bits per heavy atom. The fourth-order valence-electron chi connectivity index (χ4n) is 1.46. The summed E-state index contributed by atoms with van der Waals surface area (Å²) in [6.07, 6.45) is 0.334. The molecule has 0 atom stereocenters. The van der Waals surface area contributed by atoms with Gasteiger partial charge in [-0.05, 0) is 36.8 Å². The zero-order valence-corrected chi connectivity index (χ0v) is 9.68. The number of Topliss-reactive ketones (excluding diaryl/α,β-unsaturated/α-hetero) is 1. The molecule has 0 N–H and O–H groups in total. The summed E-state index contributed by atoms with van der Waals surface area (Å²) in [4.78, 5) is 13.7. The van der Waals surface area contributed by atoms with Crippen molar-refractivity contribution in [3.05, 3.63) is 57.5 Å². The van der Waals surface area contributed by atoms with E-state index in [9.17, 15) is 9.18 Å². The molecule has 1 heterocycles. The Hall–Kier alpha value is -1.48. The van der Waals surface area contributed by atoms with Crippen molar-refractivity contribution in [2.75, 3.05) is 0 Å². The van der Waals surface area contributed by atoms with Crippen molar-refractivity contribution in [3.8, 4) is 0 Å². The minimum Gasteiger partial charge on any atom is -0.293 e. The van der Waals surface area contributed by atoms with Gasteiger partial charge in [0.15, 0.2) is 5.78 Å². The summed E-state index contributed by atoms with van der Waals surface area (Å²) < 4.78 is 12.7. The molecule has 2 aromatic rings. The standard InChI is InChI=1S/C13H11FOS/c1-9-2-7-13(16-9)12(15)8-10-3-5-11(14)6-4-10/h2-7H,8H2,1H3. The van der Waals surface area contributed by atoms with Gasteiger partial charge in [-0.3, -0.25) is 4.79 Å². The highest BCUT2D eigenvalue weighted by molar-refractivity contribution is 7.14. The maximum absolute atomic E-state index is 12.7. The zero-order valence-electron chi connectivity index (χ0n) is 8.87. The van der Waals surface area contributed by atoms with E-state index in [1.807, 2.05) is 19.1 Å². The minimum absolute atomic E-state index is 0.0877. The normalized spacial score (nSPS) is 10.4. The van der Waals surface area contributed by atoms with Gasteiger partial charge in [0.25, 0.3) is 0 Å². The fraction of sp³-hybridized carbons (Fsp3) is 0.154. The third-order valence-electron chi connectivity index (χ3n) is 2.29. The highest BCUT2D eigenvalue weighted by atomic mass is 32.1. The molecule has 1 aromatic carbocycles. The van der Waals surface area contributed by atoms with E-state index >= 15 is 0 Å². The molecule has 0 unspecified atom stereocenters. The Balaban J connectivity index is 2.10. The Labute approximate surface area is 97.6 Å². The molecule has 2 rings (SSSR count). The predicted molar refractivity (Wildman–Crippen MR) is 63.5 cm³/mol. The number of hydrogen-bond donors (Lipinski definition) is 0. The van der Waals surface area contributed by atoms with Crippen molar-refractivity contribution in [2.45, 2.75) is 13.3 Å². The van der Waals surface area contributed by atoms with Gasteiger partial charge < -0.3 is 0 Å². The van der Waals surface area contributed by atoms with Crippen LogP contribution in [0.2, 0.25) is 0 Å². The van der Waals surface area contributed by atoms with Crippen LogP contribution in [0.15, 0.2) is 36.4 Å². The first-order valence-electron chi connectivity index (χ1n) is 4.99. The van der Waals surface area contributed by atoms with Gasteiger partial charge in [0.05, 0.1) is 4.88 Å². The van der Waals surface area contributed by atoms with Gasteiger partial charge in [0, 0.05) is 11.3 Å². The third-order valence-corrected chi connectivity index (χ3v) is 3.33. The van der Waals surface area contributed by atoms with E-state index in [4.69, 9.17) is 0 Å². The molecular weight excluding hydrogens is 223 g/mol. The monoisotopic (exact) mass is 234 g/mol. The maximum atomic E-state index is 12.7. The second-order valence-corrected chi connectivity index (χ2v) is 4.92. The summed E-state index contributed by atoms with van der Waals surface area (Å²) in [7, 11) is 0. The number of carbonyl (C=O) groups excluding carboxylic acids is 1. The van der Waals surface area contributed by atoms with E-state index in [1.165, 1.54) is 23.5 Å². The number of carbonyl (C=O) groups is 1. The van der Waals surface area contributed by atoms with Gasteiger partial charge in [-0.15, -0.1) is 11.3 Å². The second-order valence-electron chi connectivity index (χ2n) is 3.64. The summed E-state index contributed by atoms with van der Waals surface area (Å²) in [6.45, 7) is 1.97. The van der Waals surface area contributed by atoms with Crippen LogP contribution in [0.3, 0.4) is 0 Å². The average molecular weight is 234 g/mol. The summed E-state index contributed by atoms with van der Waals surface area (Å²) >= 11 is 1.49. The van der Waals surface area contributed by atoms with Crippen LogP contribution in [-0.4, -0.2) is 5.78 Å². The van der Waals surface area contributed by atoms with Crippen LogP contribution >= 0.6 is 11.3 Å². The van der Waals surface area contributed by atoms with Gasteiger partial charge >= 0.3 is 0 Å². The lowest BCUT2D eigenvalue weighted by Gasteiger charge is -1.98. The van der Waals surface area contributed by atoms with Crippen molar-refractivity contribution >= 4 is 17.1 Å². The highest BCUT2D eigenvalue weighted by Gasteiger charge is 2.08. The summed E-state index contributed by atoms with van der Waals surface area (Å²) in [5.41, 5.74) is 0.845. The molecular formula is C13H11FOS. The van der Waals surface area contributed by atoms with Crippen LogP contribution in [-0.2, 0) is 6.42 Å². The quantitative estimate of drug-likeness (QED) is 0.741. The molecule has 0 aliphatic carbocycles. The molecule has 0 fully saturated rings. The summed E-state index contributed by atoms with van der Waals surface area (Å²) in [5.74, 6) is -0.187. The number of halogens is 1.